The third-order valence-electron chi connectivity index (χ3n) is 3.64. The Bertz CT molecular complexity index is 542. The minimum atomic E-state index is -0.661. The molecule has 2 N–H and O–H groups in total. The SMILES string of the molecule is CC(C)NC(=O)N(C)CCCOC(=O)/C=C/C(=O)OCCCN(C)C(=O)NC(C)C. The van der Waals surface area contributed by atoms with E-state index in [1.807, 2.05) is 27.7 Å². The lowest BCUT2D eigenvalue weighted by molar-refractivity contribution is -0.140. The fourth-order valence-electron chi connectivity index (χ4n) is 2.10. The summed E-state index contributed by atoms with van der Waals surface area (Å²) < 4.78 is 9.95. The number of carbonyl (C=O) groups excluding carboxylic acids is 4. The van der Waals surface area contributed by atoms with Crippen molar-refractivity contribution in [3.05, 3.63) is 12.2 Å². The van der Waals surface area contributed by atoms with E-state index in [4.69, 9.17) is 9.47 Å². The molecule has 0 rings (SSSR count). The number of rotatable bonds is 12. The standard InChI is InChI=1S/C20H36N4O6/c1-15(2)21-19(27)23(5)11-7-13-29-17(25)9-10-18(26)30-14-8-12-24(6)20(28)22-16(3)4/h9-10,15-16H,7-8,11-14H2,1-6H3,(H,21,27)(H,22,28)/b10-9+. The monoisotopic (exact) mass is 428 g/mol. The van der Waals surface area contributed by atoms with E-state index >= 15 is 0 Å². The van der Waals surface area contributed by atoms with Gasteiger partial charge in [-0.1, -0.05) is 0 Å². The Morgan fingerprint density at radius 3 is 1.37 bits per heavy atom. The molecule has 0 unspecified atom stereocenters. The van der Waals surface area contributed by atoms with Crippen LogP contribution in [0.5, 0.6) is 0 Å². The smallest absolute Gasteiger partial charge is 0.331 e. The maximum atomic E-state index is 11.7. The molecule has 0 saturated carbocycles. The molecule has 0 fully saturated rings. The van der Waals surface area contributed by atoms with Gasteiger partial charge in [0.1, 0.15) is 0 Å². The number of urea groups is 2. The highest BCUT2D eigenvalue weighted by atomic mass is 16.5. The third-order valence-corrected chi connectivity index (χ3v) is 3.64. The molecular formula is C20H36N4O6. The summed E-state index contributed by atoms with van der Waals surface area (Å²) in [6, 6.07) is -0.280. The van der Waals surface area contributed by atoms with E-state index in [9.17, 15) is 19.2 Å². The van der Waals surface area contributed by atoms with Crippen molar-refractivity contribution in [2.24, 2.45) is 0 Å². The van der Waals surface area contributed by atoms with E-state index < -0.39 is 11.9 Å². The van der Waals surface area contributed by atoms with E-state index in [2.05, 4.69) is 10.6 Å². The second kappa shape index (κ2) is 15.1. The molecule has 0 aromatic carbocycles. The van der Waals surface area contributed by atoms with Crippen molar-refractivity contribution >= 4 is 24.0 Å². The summed E-state index contributed by atoms with van der Waals surface area (Å²) >= 11 is 0. The van der Waals surface area contributed by atoms with Gasteiger partial charge >= 0.3 is 24.0 Å². The number of hydrogen-bond acceptors (Lipinski definition) is 6. The normalized spacial score (nSPS) is 10.8. The first-order valence-corrected chi connectivity index (χ1v) is 10.1. The minimum absolute atomic E-state index is 0.0490. The number of nitrogens with zero attached hydrogens (tertiary/aromatic N) is 2. The van der Waals surface area contributed by atoms with Crippen molar-refractivity contribution in [2.75, 3.05) is 40.4 Å². The average Bonchev–Trinajstić information content (AvgIpc) is 2.65. The van der Waals surface area contributed by atoms with Gasteiger partial charge in [0.15, 0.2) is 0 Å². The Kier molecular flexibility index (Phi) is 13.7. The van der Waals surface area contributed by atoms with Gasteiger partial charge in [-0.3, -0.25) is 0 Å². The van der Waals surface area contributed by atoms with Crippen molar-refractivity contribution in [3.63, 3.8) is 0 Å². The van der Waals surface area contributed by atoms with Gasteiger partial charge < -0.3 is 29.9 Å². The van der Waals surface area contributed by atoms with E-state index in [1.165, 1.54) is 9.80 Å². The van der Waals surface area contributed by atoms with Crippen molar-refractivity contribution in [1.29, 1.82) is 0 Å². The molecule has 0 atom stereocenters. The Morgan fingerprint density at radius 2 is 1.07 bits per heavy atom. The van der Waals surface area contributed by atoms with Crippen LogP contribution in [0, 0.1) is 0 Å². The number of ether oxygens (including phenoxy) is 2. The number of esters is 2. The van der Waals surface area contributed by atoms with E-state index in [0.29, 0.717) is 25.9 Å². The molecule has 0 saturated heterocycles. The highest BCUT2D eigenvalue weighted by molar-refractivity contribution is 5.91. The quantitative estimate of drug-likeness (QED) is 0.276. The summed E-state index contributed by atoms with van der Waals surface area (Å²) in [5.74, 6) is -1.32. The summed E-state index contributed by atoms with van der Waals surface area (Å²) in [4.78, 5) is 49.6. The van der Waals surface area contributed by atoms with Gasteiger partial charge in [-0.25, -0.2) is 19.2 Å². The van der Waals surface area contributed by atoms with Crippen LogP contribution in [0.4, 0.5) is 9.59 Å². The van der Waals surface area contributed by atoms with Crippen molar-refractivity contribution in [1.82, 2.24) is 20.4 Å². The molecule has 0 bridgehead atoms. The molecule has 0 spiro atoms. The van der Waals surface area contributed by atoms with Crippen LogP contribution < -0.4 is 10.6 Å². The summed E-state index contributed by atoms with van der Waals surface area (Å²) in [7, 11) is 3.31. The van der Waals surface area contributed by atoms with Crippen molar-refractivity contribution in [2.45, 2.75) is 52.6 Å². The Balaban J connectivity index is 3.92. The molecule has 10 nitrogen and oxygen atoms in total. The Morgan fingerprint density at radius 1 is 0.733 bits per heavy atom. The van der Waals surface area contributed by atoms with Crippen LogP contribution in [0.15, 0.2) is 12.2 Å². The molecular weight excluding hydrogens is 392 g/mol. The molecule has 0 aliphatic carbocycles. The first-order valence-electron chi connectivity index (χ1n) is 10.1. The van der Waals surface area contributed by atoms with E-state index in [0.717, 1.165) is 12.2 Å². The maximum Gasteiger partial charge on any atom is 0.331 e. The van der Waals surface area contributed by atoms with Crippen LogP contribution in [-0.2, 0) is 19.1 Å². The molecule has 10 heteroatoms. The van der Waals surface area contributed by atoms with Crippen LogP contribution in [0.3, 0.4) is 0 Å². The van der Waals surface area contributed by atoms with Crippen molar-refractivity contribution in [3.8, 4) is 0 Å². The molecule has 0 heterocycles. The summed E-state index contributed by atoms with van der Waals surface area (Å²) in [5, 5.41) is 5.52. The van der Waals surface area contributed by atoms with Gasteiger partial charge in [-0.05, 0) is 40.5 Å². The van der Waals surface area contributed by atoms with E-state index in [-0.39, 0.29) is 37.4 Å². The number of hydrogen-bond donors (Lipinski definition) is 2. The highest BCUT2D eigenvalue weighted by Crippen LogP contribution is 1.95. The molecule has 4 amide bonds. The summed E-state index contributed by atoms with van der Waals surface area (Å²) in [5.41, 5.74) is 0. The van der Waals surface area contributed by atoms with E-state index in [1.54, 1.807) is 14.1 Å². The van der Waals surface area contributed by atoms with Gasteiger partial charge in [0, 0.05) is 51.4 Å². The largest absolute Gasteiger partial charge is 0.462 e. The fourth-order valence-corrected chi connectivity index (χ4v) is 2.10. The van der Waals surface area contributed by atoms with Gasteiger partial charge in [0.25, 0.3) is 0 Å². The first kappa shape index (κ1) is 27.2. The van der Waals surface area contributed by atoms with Crippen LogP contribution >= 0.6 is 0 Å². The lowest BCUT2D eigenvalue weighted by Crippen LogP contribution is -2.41. The highest BCUT2D eigenvalue weighted by Gasteiger charge is 2.10. The predicted octanol–water partition coefficient (Wildman–Crippen LogP) is 1.51. The van der Waals surface area contributed by atoms with Crippen LogP contribution in [0.1, 0.15) is 40.5 Å². The second-order valence-electron chi connectivity index (χ2n) is 7.43. The average molecular weight is 429 g/mol. The number of nitrogens with one attached hydrogen (secondary N) is 2. The van der Waals surface area contributed by atoms with Crippen LogP contribution in [0.25, 0.3) is 0 Å². The fraction of sp³-hybridized carbons (Fsp3) is 0.700. The second-order valence-corrected chi connectivity index (χ2v) is 7.43. The number of amides is 4. The van der Waals surface area contributed by atoms with Crippen LogP contribution in [-0.4, -0.2) is 86.3 Å². The zero-order valence-electron chi connectivity index (χ0n) is 18.9. The molecule has 0 aliphatic heterocycles. The van der Waals surface area contributed by atoms with Gasteiger partial charge in [-0.2, -0.15) is 0 Å². The molecule has 0 aromatic heterocycles. The Hall–Kier alpha value is -2.78. The lowest BCUT2D eigenvalue weighted by atomic mass is 10.4. The zero-order chi connectivity index (χ0) is 23.1. The van der Waals surface area contributed by atoms with Gasteiger partial charge in [0.05, 0.1) is 13.2 Å². The van der Waals surface area contributed by atoms with Gasteiger partial charge in [0.2, 0.25) is 0 Å². The predicted molar refractivity (Wildman–Crippen MR) is 113 cm³/mol. The summed E-state index contributed by atoms with van der Waals surface area (Å²) in [6.45, 7) is 8.60. The van der Waals surface area contributed by atoms with Crippen molar-refractivity contribution < 1.29 is 28.7 Å². The molecule has 30 heavy (non-hydrogen) atoms. The topological polar surface area (TPSA) is 117 Å². The minimum Gasteiger partial charge on any atom is -0.462 e. The first-order chi connectivity index (χ1) is 14.0. The van der Waals surface area contributed by atoms with Gasteiger partial charge in [-0.15, -0.1) is 0 Å². The molecule has 0 aromatic rings. The molecule has 172 valence electrons. The third kappa shape index (κ3) is 14.3. The van der Waals surface area contributed by atoms with Crippen LogP contribution in [0.2, 0.25) is 0 Å². The molecule has 0 aliphatic rings. The molecule has 0 radical (unpaired) electrons. The number of carbonyl (C=O) groups is 4. The zero-order valence-corrected chi connectivity index (χ0v) is 18.9. The maximum absolute atomic E-state index is 11.7. The Labute approximate surface area is 178 Å². The summed E-state index contributed by atoms with van der Waals surface area (Å²) in [6.07, 6.45) is 2.95. The lowest BCUT2D eigenvalue weighted by Gasteiger charge is -2.19.